The topological polar surface area (TPSA) is 82.3 Å². The van der Waals surface area contributed by atoms with Gasteiger partial charge in [0.05, 0.1) is 33.5 Å². The van der Waals surface area contributed by atoms with Crippen molar-refractivity contribution in [3.63, 3.8) is 0 Å². The summed E-state index contributed by atoms with van der Waals surface area (Å²) in [5, 5.41) is 11.3. The molecule has 6 nitrogen and oxygen atoms in total. The van der Waals surface area contributed by atoms with Crippen molar-refractivity contribution in [1.29, 1.82) is 0 Å². The lowest BCUT2D eigenvalue weighted by Gasteiger charge is -2.20. The number of fused-ring (bicyclic) bond motifs is 1. The Morgan fingerprint density at radius 1 is 1.05 bits per heavy atom. The van der Waals surface area contributed by atoms with Crippen LogP contribution in [-0.2, 0) is 0 Å². The summed E-state index contributed by atoms with van der Waals surface area (Å²) < 4.78 is 30.9. The van der Waals surface area contributed by atoms with Crippen LogP contribution in [0.4, 0.5) is 14.5 Å². The van der Waals surface area contributed by atoms with Crippen molar-refractivity contribution in [1.82, 2.24) is 25.1 Å². The van der Waals surface area contributed by atoms with Crippen LogP contribution in [0.15, 0.2) is 79.8 Å². The normalized spacial score (nSPS) is 13.0. The summed E-state index contributed by atoms with van der Waals surface area (Å²) >= 11 is 0. The predicted molar refractivity (Wildman–Crippen MR) is 163 cm³/mol. The van der Waals surface area contributed by atoms with Gasteiger partial charge in [0, 0.05) is 34.2 Å². The lowest BCUT2D eigenvalue weighted by atomic mass is 9.91. The number of hydrogen-bond acceptors (Lipinski definition) is 4. The lowest BCUT2D eigenvalue weighted by Crippen LogP contribution is -2.26. The van der Waals surface area contributed by atoms with Gasteiger partial charge in [-0.3, -0.25) is 10.1 Å². The van der Waals surface area contributed by atoms with Crippen LogP contribution in [0.2, 0.25) is 0 Å². The molecule has 0 saturated heterocycles. The van der Waals surface area contributed by atoms with E-state index in [4.69, 9.17) is 4.98 Å². The number of pyridine rings is 1. The Labute approximate surface area is 237 Å². The molecular weight excluding hydrogens is 518 g/mol. The molecule has 0 bridgehead atoms. The van der Waals surface area contributed by atoms with Crippen LogP contribution in [-0.4, -0.2) is 25.1 Å². The second-order valence-corrected chi connectivity index (χ2v) is 11.1. The fourth-order valence-corrected chi connectivity index (χ4v) is 4.84. The molecule has 0 fully saturated rings. The minimum absolute atomic E-state index is 0.0655. The van der Waals surface area contributed by atoms with E-state index in [1.165, 1.54) is 6.07 Å². The average Bonchev–Trinajstić information content (AvgIpc) is 3.56. The van der Waals surface area contributed by atoms with Crippen LogP contribution in [0.25, 0.3) is 51.2 Å². The molecule has 0 unspecified atom stereocenters. The molecule has 5 aromatic rings. The molecule has 8 heteroatoms. The fourth-order valence-electron chi connectivity index (χ4n) is 4.84. The minimum Gasteiger partial charge on any atom is -0.358 e. The molecule has 0 aliphatic heterocycles. The van der Waals surface area contributed by atoms with Crippen molar-refractivity contribution in [2.45, 2.75) is 34.1 Å². The number of para-hydroxylation sites is 1. The fraction of sp³-hybridized carbons (Fsp3) is 0.182. The van der Waals surface area contributed by atoms with Crippen LogP contribution < -0.4 is 15.9 Å². The summed E-state index contributed by atoms with van der Waals surface area (Å²) in [6, 6.07) is 13.8. The van der Waals surface area contributed by atoms with E-state index < -0.39 is 5.83 Å². The van der Waals surface area contributed by atoms with Crippen LogP contribution in [0.3, 0.4) is 0 Å². The number of allylic oxidation sites excluding steroid dienone is 2. The zero-order chi connectivity index (χ0) is 29.3. The van der Waals surface area contributed by atoms with Gasteiger partial charge < -0.3 is 10.3 Å². The summed E-state index contributed by atoms with van der Waals surface area (Å²) in [5.74, 6) is -0.571. The third kappa shape index (κ3) is 5.72. The van der Waals surface area contributed by atoms with Crippen molar-refractivity contribution in [3.8, 4) is 22.6 Å². The molecule has 0 atom stereocenters. The highest BCUT2D eigenvalue weighted by Gasteiger charge is 2.19. The van der Waals surface area contributed by atoms with Crippen LogP contribution in [0.1, 0.15) is 39.7 Å². The molecule has 0 aliphatic carbocycles. The number of benzene rings is 2. The Hall–Kier alpha value is -4.85. The Kier molecular flexibility index (Phi) is 7.41. The Bertz CT molecular complexity index is 1910. The van der Waals surface area contributed by atoms with Gasteiger partial charge in [0.25, 0.3) is 0 Å². The van der Waals surface area contributed by atoms with Crippen molar-refractivity contribution in [2.24, 2.45) is 5.41 Å². The highest BCUT2D eigenvalue weighted by molar-refractivity contribution is 5.96. The third-order valence-electron chi connectivity index (χ3n) is 6.62. The van der Waals surface area contributed by atoms with Gasteiger partial charge >= 0.3 is 0 Å². The molecular formula is C33H32F2N6. The van der Waals surface area contributed by atoms with Gasteiger partial charge in [-0.2, -0.15) is 5.10 Å². The van der Waals surface area contributed by atoms with Gasteiger partial charge in [0.1, 0.15) is 17.3 Å². The first-order chi connectivity index (χ1) is 19.6. The highest BCUT2D eigenvalue weighted by atomic mass is 19.1. The van der Waals surface area contributed by atoms with Crippen molar-refractivity contribution in [2.75, 3.05) is 5.32 Å². The standard InChI is InChI=1S/C33H32F2N6/c1-7-26-28(29(35)20(3)21-15-22(18-36-17-21)37-19(2)16-33(4,5)6)31(41-40-26)32-38-27-14-10-12-24(30(27)39-32)23-11-8-9-13-25(23)34/h7-15,17-18,37,40H,2-3,16H2,1,4-6H3,(H,38,39)/b26-7+,29-28-. The number of aromatic amines is 2. The van der Waals surface area contributed by atoms with E-state index in [2.05, 4.69) is 59.4 Å². The molecule has 3 heterocycles. The van der Waals surface area contributed by atoms with E-state index in [9.17, 15) is 4.39 Å². The van der Waals surface area contributed by atoms with Gasteiger partial charge in [0.2, 0.25) is 0 Å². The number of anilines is 1. The summed E-state index contributed by atoms with van der Waals surface area (Å²) in [5.41, 5.74) is 4.83. The Morgan fingerprint density at radius 3 is 2.54 bits per heavy atom. The van der Waals surface area contributed by atoms with E-state index in [1.807, 2.05) is 12.1 Å². The first-order valence-electron chi connectivity index (χ1n) is 13.3. The number of nitrogens with zero attached hydrogens (tertiary/aromatic N) is 3. The Morgan fingerprint density at radius 2 is 1.80 bits per heavy atom. The molecule has 3 N–H and O–H groups in total. The summed E-state index contributed by atoms with van der Waals surface area (Å²) in [6.45, 7) is 16.4. The van der Waals surface area contributed by atoms with Gasteiger partial charge in [-0.25, -0.2) is 13.8 Å². The van der Waals surface area contributed by atoms with Gasteiger partial charge in [0.15, 0.2) is 5.82 Å². The maximum Gasteiger partial charge on any atom is 0.159 e. The average molecular weight is 551 g/mol. The predicted octanol–water partition coefficient (Wildman–Crippen LogP) is 7.11. The molecule has 0 radical (unpaired) electrons. The number of rotatable bonds is 7. The molecule has 5 rings (SSSR count). The number of halogens is 2. The first kappa shape index (κ1) is 27.7. The molecule has 0 spiro atoms. The number of aromatic nitrogens is 5. The van der Waals surface area contributed by atoms with E-state index in [0.29, 0.717) is 44.6 Å². The number of nitrogens with one attached hydrogen (secondary N) is 3. The quantitative estimate of drug-likeness (QED) is 0.202. The SMILES string of the molecule is C=C(CC(C)(C)C)Nc1cncc(C(=C)/C(F)=c2/c(-c3nc4c(-c5ccccc5F)cccc4[nH]3)n[nH]/c2=C/C)c1. The van der Waals surface area contributed by atoms with Crippen molar-refractivity contribution in [3.05, 3.63) is 102 Å². The molecule has 2 aromatic carbocycles. The molecule has 41 heavy (non-hydrogen) atoms. The number of hydrogen-bond donors (Lipinski definition) is 3. The number of imidazole rings is 1. The maximum absolute atomic E-state index is 16.3. The van der Waals surface area contributed by atoms with E-state index in [-0.39, 0.29) is 27.7 Å². The summed E-state index contributed by atoms with van der Waals surface area (Å²) in [7, 11) is 0. The zero-order valence-corrected chi connectivity index (χ0v) is 23.6. The molecule has 208 valence electrons. The van der Waals surface area contributed by atoms with Gasteiger partial charge in [-0.05, 0) is 37.0 Å². The van der Waals surface area contributed by atoms with E-state index in [1.54, 1.807) is 55.7 Å². The Balaban J connectivity index is 1.58. The summed E-state index contributed by atoms with van der Waals surface area (Å²) in [4.78, 5) is 12.3. The second-order valence-electron chi connectivity index (χ2n) is 11.1. The molecule has 0 aliphatic rings. The lowest BCUT2D eigenvalue weighted by molar-refractivity contribution is 0.411. The number of H-pyrrole nitrogens is 2. The van der Waals surface area contributed by atoms with Gasteiger partial charge in [-0.15, -0.1) is 0 Å². The monoisotopic (exact) mass is 550 g/mol. The van der Waals surface area contributed by atoms with E-state index in [0.717, 1.165) is 12.1 Å². The highest BCUT2D eigenvalue weighted by Crippen LogP contribution is 2.31. The van der Waals surface area contributed by atoms with Crippen molar-refractivity contribution < 1.29 is 8.78 Å². The maximum atomic E-state index is 16.3. The smallest absolute Gasteiger partial charge is 0.159 e. The van der Waals surface area contributed by atoms with Crippen molar-refractivity contribution >= 4 is 34.2 Å². The molecule has 0 amide bonds. The second kappa shape index (κ2) is 11.0. The third-order valence-corrected chi connectivity index (χ3v) is 6.62. The summed E-state index contributed by atoms with van der Waals surface area (Å²) in [6.07, 6.45) is 5.73. The molecule has 3 aromatic heterocycles. The van der Waals surface area contributed by atoms with E-state index >= 15 is 4.39 Å². The van der Waals surface area contributed by atoms with Crippen LogP contribution >= 0.6 is 0 Å². The minimum atomic E-state index is -0.566. The largest absolute Gasteiger partial charge is 0.358 e. The first-order valence-corrected chi connectivity index (χ1v) is 13.3. The van der Waals surface area contributed by atoms with Crippen LogP contribution in [0, 0.1) is 11.2 Å². The van der Waals surface area contributed by atoms with Crippen LogP contribution in [0.5, 0.6) is 0 Å². The van der Waals surface area contributed by atoms with Gasteiger partial charge in [-0.1, -0.05) is 70.3 Å². The zero-order valence-electron chi connectivity index (χ0n) is 23.6. The molecule has 0 saturated carbocycles.